The van der Waals surface area contributed by atoms with Gasteiger partial charge in [-0.2, -0.15) is 0 Å². The first-order chi connectivity index (χ1) is 12.7. The van der Waals surface area contributed by atoms with E-state index in [9.17, 15) is 0 Å². The molecule has 0 saturated carbocycles. The zero-order valence-electron chi connectivity index (χ0n) is 14.5. The van der Waals surface area contributed by atoms with E-state index >= 15 is 0 Å². The Morgan fingerprint density at radius 1 is 1.00 bits per heavy atom. The minimum absolute atomic E-state index is 0.699. The summed E-state index contributed by atoms with van der Waals surface area (Å²) in [6.45, 7) is 3.60. The van der Waals surface area contributed by atoms with Crippen molar-refractivity contribution in [3.8, 4) is 0 Å². The molecule has 2 heterocycles. The highest BCUT2D eigenvalue weighted by atomic mass is 35.5. The van der Waals surface area contributed by atoms with Crippen molar-refractivity contribution in [3.05, 3.63) is 89.1 Å². The third-order valence-electron chi connectivity index (χ3n) is 4.46. The summed E-state index contributed by atoms with van der Waals surface area (Å²) in [5, 5.41) is 5.29. The zero-order valence-corrected chi connectivity index (χ0v) is 15.2. The topological polar surface area (TPSA) is 42.7 Å². The fraction of sp³-hybridized carbons (Fsp3) is 0.143. The molecule has 0 radical (unpaired) electrons. The van der Waals surface area contributed by atoms with Crippen LogP contribution < -0.4 is 5.32 Å². The van der Waals surface area contributed by atoms with Gasteiger partial charge in [-0.3, -0.25) is 4.98 Å². The molecular weight excluding hydrogens is 344 g/mol. The van der Waals surface area contributed by atoms with Gasteiger partial charge in [-0.1, -0.05) is 35.9 Å². The second-order valence-electron chi connectivity index (χ2n) is 6.30. The van der Waals surface area contributed by atoms with Crippen LogP contribution >= 0.6 is 11.6 Å². The Morgan fingerprint density at radius 2 is 1.88 bits per heavy atom. The highest BCUT2D eigenvalue weighted by Crippen LogP contribution is 2.25. The van der Waals surface area contributed by atoms with Gasteiger partial charge in [-0.15, -0.1) is 0 Å². The maximum absolute atomic E-state index is 6.06. The summed E-state index contributed by atoms with van der Waals surface area (Å²) >= 11 is 6.06. The van der Waals surface area contributed by atoms with Gasteiger partial charge < -0.3 is 9.88 Å². The molecule has 0 spiro atoms. The van der Waals surface area contributed by atoms with Crippen LogP contribution in [-0.4, -0.2) is 14.5 Å². The van der Waals surface area contributed by atoms with Crippen LogP contribution in [0.3, 0.4) is 0 Å². The van der Waals surface area contributed by atoms with Crippen LogP contribution in [0.15, 0.2) is 67.1 Å². The second-order valence-corrected chi connectivity index (χ2v) is 6.73. The van der Waals surface area contributed by atoms with Gasteiger partial charge in [-0.05, 0) is 42.3 Å². The molecule has 4 nitrogen and oxygen atoms in total. The Morgan fingerprint density at radius 3 is 2.73 bits per heavy atom. The van der Waals surface area contributed by atoms with Crippen LogP contribution in [0.25, 0.3) is 10.9 Å². The van der Waals surface area contributed by atoms with Crippen molar-refractivity contribution in [1.29, 1.82) is 0 Å². The Balaban J connectivity index is 1.52. The van der Waals surface area contributed by atoms with Crippen LogP contribution in [0, 0.1) is 6.92 Å². The maximum atomic E-state index is 6.06. The molecule has 0 aliphatic rings. The number of fused-ring (bicyclic) bond motifs is 1. The monoisotopic (exact) mass is 362 g/mol. The van der Waals surface area contributed by atoms with Crippen molar-refractivity contribution in [1.82, 2.24) is 14.5 Å². The number of rotatable bonds is 5. The lowest BCUT2D eigenvalue weighted by molar-refractivity contribution is 0.760. The van der Waals surface area contributed by atoms with E-state index in [2.05, 4.69) is 44.1 Å². The number of pyridine rings is 1. The molecule has 2 aromatic heterocycles. The summed E-state index contributed by atoms with van der Waals surface area (Å²) in [7, 11) is 0. The molecule has 4 aromatic rings. The molecule has 0 atom stereocenters. The Bertz CT molecular complexity index is 1050. The van der Waals surface area contributed by atoms with E-state index in [0.717, 1.165) is 35.5 Å². The fourth-order valence-corrected chi connectivity index (χ4v) is 3.24. The van der Waals surface area contributed by atoms with Gasteiger partial charge in [0.25, 0.3) is 0 Å². The molecule has 0 aliphatic heterocycles. The number of aryl methyl sites for hydroxylation is 1. The normalized spacial score (nSPS) is 11.0. The van der Waals surface area contributed by atoms with Gasteiger partial charge in [-0.25, -0.2) is 4.98 Å². The largest absolute Gasteiger partial charge is 0.380 e. The minimum Gasteiger partial charge on any atom is -0.380 e. The standard InChI is InChI=1S/C21H19ClN4/c1-15-23-9-10-26(15)14-17-4-2-3-16(11-17)13-25-20-7-8-24-21-12-18(22)5-6-19(20)21/h2-12H,13-14H2,1H3,(H,24,25). The molecule has 0 unspecified atom stereocenters. The van der Waals surface area contributed by atoms with E-state index < -0.39 is 0 Å². The van der Waals surface area contributed by atoms with Crippen LogP contribution in [0.2, 0.25) is 5.02 Å². The quantitative estimate of drug-likeness (QED) is 0.540. The molecule has 26 heavy (non-hydrogen) atoms. The van der Waals surface area contributed by atoms with Gasteiger partial charge in [0.1, 0.15) is 5.82 Å². The van der Waals surface area contributed by atoms with E-state index in [1.807, 2.05) is 43.6 Å². The van der Waals surface area contributed by atoms with Crippen LogP contribution in [0.1, 0.15) is 17.0 Å². The predicted molar refractivity (Wildman–Crippen MR) is 107 cm³/mol. The summed E-state index contributed by atoms with van der Waals surface area (Å²) < 4.78 is 2.15. The number of nitrogens with zero attached hydrogens (tertiary/aromatic N) is 3. The lowest BCUT2D eigenvalue weighted by Gasteiger charge is -2.11. The molecule has 5 heteroatoms. The minimum atomic E-state index is 0.699. The third-order valence-corrected chi connectivity index (χ3v) is 4.69. The number of hydrogen-bond donors (Lipinski definition) is 1. The van der Waals surface area contributed by atoms with E-state index in [-0.39, 0.29) is 0 Å². The van der Waals surface area contributed by atoms with Crippen LogP contribution in [0.5, 0.6) is 0 Å². The molecule has 1 N–H and O–H groups in total. The van der Waals surface area contributed by atoms with Crippen molar-refractivity contribution in [2.75, 3.05) is 5.32 Å². The second kappa shape index (κ2) is 7.18. The summed E-state index contributed by atoms with van der Waals surface area (Å²) in [6, 6.07) is 16.4. The van der Waals surface area contributed by atoms with Crippen molar-refractivity contribution >= 4 is 28.2 Å². The summed E-state index contributed by atoms with van der Waals surface area (Å²) in [6.07, 6.45) is 5.65. The molecule has 4 rings (SSSR count). The first kappa shape index (κ1) is 16.6. The smallest absolute Gasteiger partial charge is 0.105 e. The zero-order chi connectivity index (χ0) is 17.9. The lowest BCUT2D eigenvalue weighted by atomic mass is 10.1. The molecule has 2 aromatic carbocycles. The maximum Gasteiger partial charge on any atom is 0.105 e. The molecule has 0 bridgehead atoms. The fourth-order valence-electron chi connectivity index (χ4n) is 3.08. The number of benzene rings is 2. The molecule has 0 saturated heterocycles. The summed E-state index contributed by atoms with van der Waals surface area (Å²) in [4.78, 5) is 8.67. The average Bonchev–Trinajstić information content (AvgIpc) is 3.04. The van der Waals surface area contributed by atoms with E-state index in [1.54, 1.807) is 6.20 Å². The average molecular weight is 363 g/mol. The lowest BCUT2D eigenvalue weighted by Crippen LogP contribution is -2.04. The predicted octanol–water partition coefficient (Wildman–Crippen LogP) is 5.05. The number of aromatic nitrogens is 3. The van der Waals surface area contributed by atoms with Crippen LogP contribution in [0.4, 0.5) is 5.69 Å². The summed E-state index contributed by atoms with van der Waals surface area (Å²) in [5.41, 5.74) is 4.45. The van der Waals surface area contributed by atoms with Crippen molar-refractivity contribution in [2.24, 2.45) is 0 Å². The Hall–Kier alpha value is -2.85. The van der Waals surface area contributed by atoms with E-state index in [4.69, 9.17) is 11.6 Å². The highest BCUT2D eigenvalue weighted by Gasteiger charge is 2.04. The van der Waals surface area contributed by atoms with Crippen molar-refractivity contribution < 1.29 is 0 Å². The van der Waals surface area contributed by atoms with Crippen molar-refractivity contribution in [2.45, 2.75) is 20.0 Å². The number of halogens is 1. The molecule has 0 aliphatic carbocycles. The van der Waals surface area contributed by atoms with Crippen LogP contribution in [-0.2, 0) is 13.1 Å². The van der Waals surface area contributed by atoms with Gasteiger partial charge in [0.15, 0.2) is 0 Å². The third kappa shape index (κ3) is 3.55. The first-order valence-electron chi connectivity index (χ1n) is 8.53. The SMILES string of the molecule is Cc1nccn1Cc1cccc(CNc2ccnc3cc(Cl)ccc23)c1. The van der Waals surface area contributed by atoms with Gasteiger partial charge in [0.2, 0.25) is 0 Å². The van der Waals surface area contributed by atoms with E-state index in [0.29, 0.717) is 5.02 Å². The summed E-state index contributed by atoms with van der Waals surface area (Å²) in [5.74, 6) is 1.02. The van der Waals surface area contributed by atoms with Gasteiger partial charge >= 0.3 is 0 Å². The number of nitrogens with one attached hydrogen (secondary N) is 1. The molecular formula is C21H19ClN4. The Labute approximate surface area is 157 Å². The first-order valence-corrected chi connectivity index (χ1v) is 8.90. The number of imidazole rings is 1. The molecule has 0 fully saturated rings. The van der Waals surface area contributed by atoms with E-state index in [1.165, 1.54) is 11.1 Å². The van der Waals surface area contributed by atoms with Gasteiger partial charge in [0.05, 0.1) is 5.52 Å². The number of hydrogen-bond acceptors (Lipinski definition) is 3. The molecule has 0 amide bonds. The van der Waals surface area contributed by atoms with Gasteiger partial charge in [0, 0.05) is 47.8 Å². The Kier molecular flexibility index (Phi) is 4.59. The highest BCUT2D eigenvalue weighted by molar-refractivity contribution is 6.31. The molecule has 130 valence electrons. The van der Waals surface area contributed by atoms with Crippen molar-refractivity contribution in [3.63, 3.8) is 0 Å². The number of anilines is 1.